The summed E-state index contributed by atoms with van der Waals surface area (Å²) >= 11 is 1.35. The molecule has 0 spiro atoms. The smallest absolute Gasteiger partial charge is 0.352 e. The van der Waals surface area contributed by atoms with E-state index in [0.29, 0.717) is 23.4 Å². The Bertz CT molecular complexity index is 1260. The third-order valence-electron chi connectivity index (χ3n) is 5.12. The Morgan fingerprint density at radius 1 is 1.36 bits per heavy atom. The molecule has 2 aliphatic heterocycles. The second-order valence-corrected chi connectivity index (χ2v) is 8.35. The number of aromatic hydroxyl groups is 1. The second-order valence-electron chi connectivity index (χ2n) is 7.24. The maximum Gasteiger partial charge on any atom is 0.352 e. The van der Waals surface area contributed by atoms with Gasteiger partial charge in [-0.05, 0) is 6.07 Å². The number of aromatic nitrogens is 2. The van der Waals surface area contributed by atoms with Crippen molar-refractivity contribution in [2.75, 3.05) is 11.1 Å². The molecule has 0 saturated carbocycles. The highest BCUT2D eigenvalue weighted by Crippen LogP contribution is 2.40. The molecule has 0 unspecified atom stereocenters. The number of fused-ring (bicyclic) bond motifs is 1. The first-order chi connectivity index (χ1) is 15.8. The fraction of sp³-hybridized carbons (Fsp3) is 0.200. The van der Waals surface area contributed by atoms with Gasteiger partial charge in [-0.2, -0.15) is 4.57 Å². The van der Waals surface area contributed by atoms with E-state index < -0.39 is 40.4 Å². The maximum atomic E-state index is 12.4. The summed E-state index contributed by atoms with van der Waals surface area (Å²) in [5.74, 6) is -2.50. The Morgan fingerprint density at radius 2 is 2.15 bits per heavy atom. The zero-order valence-corrected chi connectivity index (χ0v) is 17.7. The van der Waals surface area contributed by atoms with E-state index in [1.165, 1.54) is 16.7 Å². The highest BCUT2D eigenvalue weighted by molar-refractivity contribution is 8.00. The van der Waals surface area contributed by atoms with Crippen molar-refractivity contribution in [2.45, 2.75) is 18.0 Å². The molecule has 0 bridgehead atoms. The molecule has 13 heteroatoms. The second kappa shape index (κ2) is 8.78. The fourth-order valence-electron chi connectivity index (χ4n) is 3.61. The molecule has 4 heterocycles. The molecule has 0 radical (unpaired) electrons. The molecular formula is C20H18N5O7S+. The number of aromatic amines is 1. The molecule has 1 fully saturated rings. The Morgan fingerprint density at radius 3 is 2.85 bits per heavy atom. The number of nitrogens with zero attached hydrogens (tertiary/aromatic N) is 2. The fourth-order valence-corrected chi connectivity index (χ4v) is 4.95. The van der Waals surface area contributed by atoms with E-state index in [1.54, 1.807) is 29.1 Å². The normalized spacial score (nSPS) is 19.4. The van der Waals surface area contributed by atoms with Crippen LogP contribution >= 0.6 is 11.8 Å². The minimum Gasteiger partial charge on any atom is -0.503 e. The summed E-state index contributed by atoms with van der Waals surface area (Å²) in [6.45, 7) is 0.149. The molecule has 0 aliphatic carbocycles. The number of hydrogen-bond donors (Lipinski definition) is 5. The van der Waals surface area contributed by atoms with Crippen molar-refractivity contribution in [3.63, 3.8) is 0 Å². The Hall–Kier alpha value is -4.13. The number of pyridine rings is 2. The van der Waals surface area contributed by atoms with Crippen LogP contribution in [0.25, 0.3) is 0 Å². The van der Waals surface area contributed by atoms with Gasteiger partial charge in [0.05, 0.1) is 0 Å². The molecule has 0 aromatic carbocycles. The summed E-state index contributed by atoms with van der Waals surface area (Å²) in [6, 6.07) is 3.48. The third kappa shape index (κ3) is 4.17. The van der Waals surface area contributed by atoms with Gasteiger partial charge in [-0.25, -0.2) is 4.79 Å². The van der Waals surface area contributed by atoms with Crippen LogP contribution in [0.4, 0.5) is 5.69 Å². The van der Waals surface area contributed by atoms with E-state index in [2.05, 4.69) is 15.6 Å². The Labute approximate surface area is 189 Å². The summed E-state index contributed by atoms with van der Waals surface area (Å²) in [4.78, 5) is 62.6. The van der Waals surface area contributed by atoms with Gasteiger partial charge < -0.3 is 25.8 Å². The van der Waals surface area contributed by atoms with Gasteiger partial charge >= 0.3 is 5.97 Å². The quantitative estimate of drug-likeness (QED) is 0.194. The number of carbonyl (C=O) groups excluding carboxylic acids is 3. The van der Waals surface area contributed by atoms with Crippen molar-refractivity contribution in [1.82, 2.24) is 15.2 Å². The van der Waals surface area contributed by atoms with E-state index in [0.717, 1.165) is 12.3 Å². The number of carboxylic acid groups (broad SMARTS) is 1. The first-order valence-corrected chi connectivity index (χ1v) is 10.7. The average molecular weight is 472 g/mol. The highest BCUT2D eigenvalue weighted by Gasteiger charge is 2.53. The van der Waals surface area contributed by atoms with Crippen LogP contribution in [0.15, 0.2) is 52.9 Å². The molecule has 1 saturated heterocycles. The minimum atomic E-state index is -1.24. The van der Waals surface area contributed by atoms with E-state index in [-0.39, 0.29) is 17.9 Å². The number of carboxylic acids is 1. The van der Waals surface area contributed by atoms with Crippen LogP contribution in [0.5, 0.6) is 5.75 Å². The molecule has 33 heavy (non-hydrogen) atoms. The number of anilines is 1. The third-order valence-corrected chi connectivity index (χ3v) is 6.46. The lowest BCUT2D eigenvalue weighted by Gasteiger charge is -2.48. The first-order valence-electron chi connectivity index (χ1n) is 9.62. The topological polar surface area (TPSA) is 173 Å². The predicted molar refractivity (Wildman–Crippen MR) is 114 cm³/mol. The number of H-pyrrole nitrogens is 1. The van der Waals surface area contributed by atoms with Crippen molar-refractivity contribution >= 4 is 41.6 Å². The number of rotatable bonds is 7. The van der Waals surface area contributed by atoms with E-state index in [9.17, 15) is 34.2 Å². The van der Waals surface area contributed by atoms with Gasteiger partial charge in [0.25, 0.3) is 11.8 Å². The average Bonchev–Trinajstić information content (AvgIpc) is 2.79. The van der Waals surface area contributed by atoms with Crippen LogP contribution in [0.3, 0.4) is 0 Å². The Kier molecular flexibility index (Phi) is 5.87. The SMILES string of the molecule is O=CN[C@@H]1C(=O)N2C(C(=O)O)=C(C[n+]3cccc(NC(=O)c4cc(=O)c(O)c[nH]4)c3)CS[C@@H]12. The summed E-state index contributed by atoms with van der Waals surface area (Å²) in [5.41, 5.74) is 0.0165. The number of β-lactam (4-membered cyclic amide) rings is 1. The lowest BCUT2D eigenvalue weighted by molar-refractivity contribution is -0.688. The van der Waals surface area contributed by atoms with Crippen molar-refractivity contribution in [2.24, 2.45) is 0 Å². The molecule has 5 N–H and O–H groups in total. The molecule has 4 rings (SSSR count). The zero-order chi connectivity index (χ0) is 23.7. The number of thioether (sulfide) groups is 1. The number of hydrogen-bond acceptors (Lipinski definition) is 7. The van der Waals surface area contributed by atoms with Crippen molar-refractivity contribution in [1.29, 1.82) is 0 Å². The van der Waals surface area contributed by atoms with Gasteiger partial charge in [0.1, 0.15) is 28.5 Å². The van der Waals surface area contributed by atoms with Crippen LogP contribution in [-0.2, 0) is 20.9 Å². The van der Waals surface area contributed by atoms with Crippen LogP contribution < -0.4 is 20.6 Å². The van der Waals surface area contributed by atoms with Gasteiger partial charge in [0.15, 0.2) is 24.7 Å². The van der Waals surface area contributed by atoms with Gasteiger partial charge in [-0.15, -0.1) is 11.8 Å². The minimum absolute atomic E-state index is 0.0476. The monoisotopic (exact) mass is 472 g/mol. The predicted octanol–water partition coefficient (Wildman–Crippen LogP) is -1.01. The van der Waals surface area contributed by atoms with Crippen LogP contribution in [0.2, 0.25) is 0 Å². The maximum absolute atomic E-state index is 12.4. The lowest BCUT2D eigenvalue weighted by atomic mass is 10.0. The van der Waals surface area contributed by atoms with Crippen molar-refractivity contribution in [3.8, 4) is 5.75 Å². The van der Waals surface area contributed by atoms with Gasteiger partial charge in [-0.3, -0.25) is 24.1 Å². The van der Waals surface area contributed by atoms with E-state index >= 15 is 0 Å². The summed E-state index contributed by atoms with van der Waals surface area (Å²) in [6.07, 6.45) is 4.69. The number of amides is 3. The molecule has 2 aliphatic rings. The molecule has 12 nitrogen and oxygen atoms in total. The molecule has 170 valence electrons. The molecule has 2 atom stereocenters. The Balaban J connectivity index is 1.54. The van der Waals surface area contributed by atoms with E-state index in [1.807, 2.05) is 0 Å². The molecule has 3 amide bonds. The van der Waals surface area contributed by atoms with Gasteiger partial charge in [0, 0.05) is 29.7 Å². The molecule has 2 aromatic rings. The number of nitrogens with one attached hydrogen (secondary N) is 3. The number of carbonyl (C=O) groups is 4. The standard InChI is InChI=1S/C20H17N5O7S/c26-9-22-15-18(30)25-16(20(31)32)10(8-33-19(15)25)6-24-3-1-2-11(7-24)23-17(29)12-4-13(27)14(28)5-21-12/h1-5,7,9,15,19H,6,8H2,(H4-,21,22,23,26,27,28,29,31,32)/p+1/t15-,19+/m1/s1. The van der Waals surface area contributed by atoms with Crippen LogP contribution in [0, 0.1) is 0 Å². The van der Waals surface area contributed by atoms with Gasteiger partial charge in [0.2, 0.25) is 11.8 Å². The summed E-state index contributed by atoms with van der Waals surface area (Å²) < 4.78 is 1.65. The highest BCUT2D eigenvalue weighted by atomic mass is 32.2. The van der Waals surface area contributed by atoms with Crippen molar-refractivity contribution in [3.05, 3.63) is 64.0 Å². The number of aliphatic carboxylic acids is 1. The summed E-state index contributed by atoms with van der Waals surface area (Å²) in [5, 5.41) is 23.6. The van der Waals surface area contributed by atoms with Gasteiger partial charge in [-0.1, -0.05) is 0 Å². The molecular weight excluding hydrogens is 454 g/mol. The first kappa shape index (κ1) is 22.1. The van der Waals surface area contributed by atoms with Crippen molar-refractivity contribution < 1.29 is 34.0 Å². The zero-order valence-electron chi connectivity index (χ0n) is 16.8. The van der Waals surface area contributed by atoms with E-state index in [4.69, 9.17) is 0 Å². The summed E-state index contributed by atoms with van der Waals surface area (Å²) in [7, 11) is 0. The molecule has 2 aromatic heterocycles. The van der Waals surface area contributed by atoms with Crippen LogP contribution in [-0.4, -0.2) is 61.5 Å². The van der Waals surface area contributed by atoms with Crippen LogP contribution in [0.1, 0.15) is 10.5 Å². The lowest BCUT2D eigenvalue weighted by Crippen LogP contribution is -2.69. The largest absolute Gasteiger partial charge is 0.503 e.